The molecule has 26 heavy (non-hydrogen) atoms. The number of thioether (sulfide) groups is 1. The third-order valence-electron chi connectivity index (χ3n) is 4.52. The fourth-order valence-corrected chi connectivity index (χ4v) is 3.62. The highest BCUT2D eigenvalue weighted by molar-refractivity contribution is 8.13. The maximum Gasteiger partial charge on any atom is 0.491 e. The van der Waals surface area contributed by atoms with E-state index in [1.165, 1.54) is 31.2 Å². The van der Waals surface area contributed by atoms with Crippen LogP contribution in [-0.2, 0) is 24.3 Å². The molecule has 0 bridgehead atoms. The number of halogens is 1. The Morgan fingerprint density at radius 2 is 1.73 bits per heavy atom. The van der Waals surface area contributed by atoms with E-state index in [2.05, 4.69) is 0 Å². The highest BCUT2D eigenvalue weighted by Gasteiger charge is 2.52. The lowest BCUT2D eigenvalue weighted by Crippen LogP contribution is -2.41. The molecule has 142 valence electrons. The minimum absolute atomic E-state index is 0.0983. The van der Waals surface area contributed by atoms with Gasteiger partial charge in [-0.1, -0.05) is 36.0 Å². The number of hydrogen-bond donors (Lipinski definition) is 0. The Bertz CT molecular complexity index is 817. The molecule has 0 aromatic heterocycles. The second kappa shape index (κ2) is 7.46. The Hall–Kier alpha value is -1.16. The minimum atomic E-state index is -4.88. The van der Waals surface area contributed by atoms with Gasteiger partial charge in [0, 0.05) is 12.7 Å². The van der Waals surface area contributed by atoms with E-state index in [-0.39, 0.29) is 16.4 Å². The second-order valence-corrected chi connectivity index (χ2v) is 9.53. The number of benzene rings is 1. The first-order valence-corrected chi connectivity index (χ1v) is 10.4. The largest absolute Gasteiger partial charge is 0.491 e. The SMILES string of the molecule is CC(=O)SCC(=Cc1ccccc1S(=O)(=O)F)B1OC(C)(C)C(C)(C)O1. The fourth-order valence-electron chi connectivity index (χ4n) is 2.38. The molecule has 1 aromatic carbocycles. The Balaban J connectivity index is 2.47. The molecule has 1 aliphatic heterocycles. The van der Waals surface area contributed by atoms with Crippen LogP contribution in [0.15, 0.2) is 34.6 Å². The van der Waals surface area contributed by atoms with Crippen molar-refractivity contribution in [1.29, 1.82) is 0 Å². The molecule has 0 unspecified atom stereocenters. The number of carbonyl (C=O) groups is 1. The average molecular weight is 400 g/mol. The van der Waals surface area contributed by atoms with Gasteiger partial charge in [0.25, 0.3) is 0 Å². The monoisotopic (exact) mass is 400 g/mol. The van der Waals surface area contributed by atoms with E-state index in [0.29, 0.717) is 5.47 Å². The molecule has 0 N–H and O–H groups in total. The van der Waals surface area contributed by atoms with Crippen LogP contribution in [0, 0.1) is 0 Å². The van der Waals surface area contributed by atoms with Gasteiger partial charge in [0.15, 0.2) is 5.12 Å². The molecule has 1 aromatic rings. The van der Waals surface area contributed by atoms with Crippen LogP contribution in [0.2, 0.25) is 0 Å². The smallest absolute Gasteiger partial charge is 0.400 e. The zero-order valence-corrected chi connectivity index (χ0v) is 17.0. The van der Waals surface area contributed by atoms with Gasteiger partial charge in [-0.15, -0.1) is 3.89 Å². The fraction of sp³-hybridized carbons (Fsp3) is 0.471. The molecule has 1 heterocycles. The molecular formula is C17H22BFO5S2. The van der Waals surface area contributed by atoms with Crippen molar-refractivity contribution in [2.45, 2.75) is 50.7 Å². The second-order valence-electron chi connectivity index (χ2n) is 7.06. The van der Waals surface area contributed by atoms with Crippen LogP contribution < -0.4 is 0 Å². The summed E-state index contributed by atoms with van der Waals surface area (Å²) in [6, 6.07) is 5.75. The van der Waals surface area contributed by atoms with Crippen molar-refractivity contribution in [2.24, 2.45) is 0 Å². The molecule has 2 rings (SSSR count). The maximum absolute atomic E-state index is 13.6. The van der Waals surface area contributed by atoms with E-state index < -0.39 is 33.4 Å². The van der Waals surface area contributed by atoms with Crippen LogP contribution in [0.25, 0.3) is 6.08 Å². The predicted octanol–water partition coefficient (Wildman–Crippen LogP) is 3.64. The van der Waals surface area contributed by atoms with Crippen LogP contribution >= 0.6 is 11.8 Å². The van der Waals surface area contributed by atoms with E-state index in [9.17, 15) is 17.1 Å². The lowest BCUT2D eigenvalue weighted by atomic mass is 9.78. The molecule has 0 aliphatic carbocycles. The van der Waals surface area contributed by atoms with Gasteiger partial charge in [-0.2, -0.15) is 8.42 Å². The number of carbonyl (C=O) groups excluding carboxylic acids is 1. The van der Waals surface area contributed by atoms with Gasteiger partial charge in [0.05, 0.1) is 11.2 Å². The molecule has 1 saturated heterocycles. The standard InChI is InChI=1S/C17H22BFO5S2/c1-12(20)25-11-14(18-23-16(2,3)17(4,5)24-18)10-13-8-6-7-9-15(13)26(19,21)22/h6-10H,11H2,1-5H3. The third kappa shape index (κ3) is 4.76. The summed E-state index contributed by atoms with van der Waals surface area (Å²) in [6.07, 6.45) is 1.52. The molecule has 0 saturated carbocycles. The Kier molecular flexibility index (Phi) is 6.07. The van der Waals surface area contributed by atoms with Crippen LogP contribution in [0.5, 0.6) is 0 Å². The van der Waals surface area contributed by atoms with E-state index in [1.54, 1.807) is 6.07 Å². The third-order valence-corrected chi connectivity index (χ3v) is 6.30. The molecule has 0 atom stereocenters. The van der Waals surface area contributed by atoms with Gasteiger partial charge >= 0.3 is 17.3 Å². The molecular weight excluding hydrogens is 378 g/mol. The first-order valence-electron chi connectivity index (χ1n) is 8.07. The minimum Gasteiger partial charge on any atom is -0.400 e. The quantitative estimate of drug-likeness (QED) is 0.555. The molecule has 0 spiro atoms. The summed E-state index contributed by atoms with van der Waals surface area (Å²) in [5.74, 6) is 0.243. The van der Waals surface area contributed by atoms with E-state index in [1.807, 2.05) is 27.7 Å². The zero-order chi connectivity index (χ0) is 19.8. The van der Waals surface area contributed by atoms with Gasteiger partial charge in [-0.3, -0.25) is 4.79 Å². The summed E-state index contributed by atoms with van der Waals surface area (Å²) in [5.41, 5.74) is -0.448. The molecule has 1 fully saturated rings. The average Bonchev–Trinajstić information content (AvgIpc) is 2.71. The summed E-state index contributed by atoms with van der Waals surface area (Å²) < 4.78 is 48.4. The van der Waals surface area contributed by atoms with Crippen molar-refractivity contribution in [1.82, 2.24) is 0 Å². The van der Waals surface area contributed by atoms with Crippen molar-refractivity contribution >= 4 is 40.3 Å². The normalized spacial score (nSPS) is 19.6. The molecule has 5 nitrogen and oxygen atoms in total. The van der Waals surface area contributed by atoms with Crippen molar-refractivity contribution < 1.29 is 26.4 Å². The van der Waals surface area contributed by atoms with Crippen molar-refractivity contribution in [3.63, 3.8) is 0 Å². The van der Waals surface area contributed by atoms with Crippen LogP contribution in [0.1, 0.15) is 40.2 Å². The van der Waals surface area contributed by atoms with E-state index in [4.69, 9.17) is 9.31 Å². The lowest BCUT2D eigenvalue weighted by Gasteiger charge is -2.32. The van der Waals surface area contributed by atoms with Gasteiger partial charge < -0.3 is 9.31 Å². The zero-order valence-electron chi connectivity index (χ0n) is 15.4. The van der Waals surface area contributed by atoms with Crippen molar-refractivity contribution in [3.8, 4) is 0 Å². The Morgan fingerprint density at radius 1 is 1.19 bits per heavy atom. The van der Waals surface area contributed by atoms with Gasteiger partial charge in [0.1, 0.15) is 4.90 Å². The summed E-state index contributed by atoms with van der Waals surface area (Å²) in [5, 5.41) is -0.0983. The first kappa shape index (κ1) is 21.1. The van der Waals surface area contributed by atoms with Crippen molar-refractivity contribution in [2.75, 3.05) is 5.75 Å². The van der Waals surface area contributed by atoms with Crippen LogP contribution in [0.4, 0.5) is 3.89 Å². The van der Waals surface area contributed by atoms with Crippen LogP contribution in [0.3, 0.4) is 0 Å². The number of hydrogen-bond acceptors (Lipinski definition) is 6. The van der Waals surface area contributed by atoms with E-state index in [0.717, 1.165) is 11.8 Å². The predicted molar refractivity (Wildman–Crippen MR) is 102 cm³/mol. The highest BCUT2D eigenvalue weighted by Crippen LogP contribution is 2.39. The van der Waals surface area contributed by atoms with Crippen molar-refractivity contribution in [3.05, 3.63) is 35.3 Å². The summed E-state index contributed by atoms with van der Waals surface area (Å²) >= 11 is 1.05. The van der Waals surface area contributed by atoms with Gasteiger partial charge in [0.2, 0.25) is 0 Å². The van der Waals surface area contributed by atoms with Gasteiger partial charge in [-0.25, -0.2) is 0 Å². The maximum atomic E-state index is 13.6. The summed E-state index contributed by atoms with van der Waals surface area (Å²) in [6.45, 7) is 9.00. The van der Waals surface area contributed by atoms with Gasteiger partial charge in [-0.05, 0) is 44.8 Å². The molecule has 0 amide bonds. The number of rotatable bonds is 5. The van der Waals surface area contributed by atoms with E-state index >= 15 is 0 Å². The molecule has 9 heteroatoms. The Labute approximate surface area is 158 Å². The first-order chi connectivity index (χ1) is 11.8. The molecule has 1 aliphatic rings. The lowest BCUT2D eigenvalue weighted by molar-refractivity contribution is -0.109. The summed E-state index contributed by atoms with van der Waals surface area (Å²) in [4.78, 5) is 11.0. The topological polar surface area (TPSA) is 69.7 Å². The summed E-state index contributed by atoms with van der Waals surface area (Å²) in [7, 11) is -5.64. The highest BCUT2D eigenvalue weighted by atomic mass is 32.3. The Morgan fingerprint density at radius 3 is 2.23 bits per heavy atom. The molecule has 0 radical (unpaired) electrons. The van der Waals surface area contributed by atoms with Crippen LogP contribution in [-0.4, -0.2) is 37.6 Å².